The van der Waals surface area contributed by atoms with Gasteiger partial charge in [-0.05, 0) is 55.7 Å². The third kappa shape index (κ3) is 4.38. The fourth-order valence-electron chi connectivity index (χ4n) is 2.28. The number of allylic oxidation sites excluding steroid dienone is 2. The molecule has 6 heteroatoms. The summed E-state index contributed by atoms with van der Waals surface area (Å²) < 4.78 is 10.1. The molecule has 1 amide bonds. The van der Waals surface area contributed by atoms with E-state index in [-0.39, 0.29) is 0 Å². The maximum absolute atomic E-state index is 12.4. The number of benzene rings is 1. The number of nitrogens with zero attached hydrogens (tertiary/aromatic N) is 1. The van der Waals surface area contributed by atoms with Crippen molar-refractivity contribution in [3.63, 3.8) is 0 Å². The van der Waals surface area contributed by atoms with Crippen LogP contribution in [0.3, 0.4) is 0 Å². The van der Waals surface area contributed by atoms with E-state index in [1.54, 1.807) is 45.2 Å². The lowest BCUT2D eigenvalue weighted by Crippen LogP contribution is -2.33. The van der Waals surface area contributed by atoms with E-state index in [2.05, 4.69) is 0 Å². The Hall–Kier alpha value is -2.76. The van der Waals surface area contributed by atoms with Gasteiger partial charge < -0.3 is 15.2 Å². The lowest BCUT2D eigenvalue weighted by atomic mass is 9.99. The molecule has 0 saturated carbocycles. The number of amides is 1. The first-order chi connectivity index (χ1) is 11.2. The number of anilines is 1. The molecule has 0 fully saturated rings. The third-order valence-corrected chi connectivity index (χ3v) is 3.32. The summed E-state index contributed by atoms with van der Waals surface area (Å²) >= 11 is 0. The Labute approximate surface area is 141 Å². The lowest BCUT2D eigenvalue weighted by Gasteiger charge is -2.25. The van der Waals surface area contributed by atoms with E-state index < -0.39 is 17.7 Å². The molecule has 6 nitrogen and oxygen atoms in total. The van der Waals surface area contributed by atoms with Crippen LogP contribution in [-0.2, 0) is 20.8 Å². The zero-order valence-corrected chi connectivity index (χ0v) is 14.3. The largest absolute Gasteiger partial charge is 0.466 e. The molecule has 0 saturated heterocycles. The molecule has 0 atom stereocenters. The van der Waals surface area contributed by atoms with Gasteiger partial charge in [0.15, 0.2) is 0 Å². The van der Waals surface area contributed by atoms with Crippen molar-refractivity contribution in [3.05, 3.63) is 47.7 Å². The highest BCUT2D eigenvalue weighted by molar-refractivity contribution is 5.95. The van der Waals surface area contributed by atoms with Gasteiger partial charge in [0.2, 0.25) is 0 Å². The van der Waals surface area contributed by atoms with Gasteiger partial charge in [-0.15, -0.1) is 0 Å². The summed E-state index contributed by atoms with van der Waals surface area (Å²) in [5, 5.41) is 0. The van der Waals surface area contributed by atoms with Crippen LogP contribution in [0.2, 0.25) is 0 Å². The molecule has 0 unspecified atom stereocenters. The number of hydrogen-bond acceptors (Lipinski definition) is 5. The molecule has 128 valence electrons. The number of fused-ring (bicyclic) bond motifs is 1. The Bertz CT molecular complexity index is 714. The summed E-state index contributed by atoms with van der Waals surface area (Å²) in [6.45, 7) is 5.72. The Morgan fingerprint density at radius 2 is 2.00 bits per heavy atom. The van der Waals surface area contributed by atoms with Crippen molar-refractivity contribution in [2.24, 2.45) is 0 Å². The molecule has 24 heavy (non-hydrogen) atoms. The van der Waals surface area contributed by atoms with Crippen molar-refractivity contribution in [1.29, 1.82) is 0 Å². The normalized spacial score (nSPS) is 15.7. The second-order valence-electron chi connectivity index (χ2n) is 6.46. The standard InChI is InChI=1S/C18H22N2O4/c1-18(2,3)24-17(22)20-8-7-12(10-16(21)23-4)15-6-5-14(19)9-13(15)11-20/h5-10H,11,19H2,1-4H3. The summed E-state index contributed by atoms with van der Waals surface area (Å²) in [4.78, 5) is 25.4. The summed E-state index contributed by atoms with van der Waals surface area (Å²) in [5.74, 6) is -0.469. The molecule has 0 spiro atoms. The van der Waals surface area contributed by atoms with Crippen LogP contribution in [0.15, 0.2) is 36.6 Å². The van der Waals surface area contributed by atoms with Gasteiger partial charge in [0.25, 0.3) is 0 Å². The molecule has 0 aliphatic carbocycles. The molecule has 1 aliphatic heterocycles. The predicted molar refractivity (Wildman–Crippen MR) is 91.8 cm³/mol. The van der Waals surface area contributed by atoms with Gasteiger partial charge in [-0.1, -0.05) is 6.07 Å². The Morgan fingerprint density at radius 3 is 2.62 bits per heavy atom. The smallest absolute Gasteiger partial charge is 0.414 e. The van der Waals surface area contributed by atoms with E-state index in [0.717, 1.165) is 11.1 Å². The minimum Gasteiger partial charge on any atom is -0.466 e. The van der Waals surface area contributed by atoms with Crippen LogP contribution in [0.4, 0.5) is 10.5 Å². The summed E-state index contributed by atoms with van der Waals surface area (Å²) in [7, 11) is 1.32. The molecular weight excluding hydrogens is 308 g/mol. The van der Waals surface area contributed by atoms with Gasteiger partial charge in [0.05, 0.1) is 13.7 Å². The van der Waals surface area contributed by atoms with Crippen molar-refractivity contribution in [3.8, 4) is 0 Å². The fourth-order valence-corrected chi connectivity index (χ4v) is 2.28. The van der Waals surface area contributed by atoms with Crippen molar-refractivity contribution >= 4 is 23.3 Å². The number of rotatable bonds is 1. The SMILES string of the molecule is COC(=O)C=C1C=CN(C(=O)OC(C)(C)C)Cc2cc(N)ccc21. The predicted octanol–water partition coefficient (Wildman–Crippen LogP) is 3.09. The number of ether oxygens (including phenoxy) is 2. The van der Waals surface area contributed by atoms with Crippen molar-refractivity contribution in [2.45, 2.75) is 32.9 Å². The van der Waals surface area contributed by atoms with Crippen LogP contribution in [0, 0.1) is 0 Å². The van der Waals surface area contributed by atoms with Gasteiger partial charge in [-0.2, -0.15) is 0 Å². The molecule has 2 N–H and O–H groups in total. The highest BCUT2D eigenvalue weighted by Crippen LogP contribution is 2.28. The minimum atomic E-state index is -0.597. The van der Waals surface area contributed by atoms with Crippen LogP contribution >= 0.6 is 0 Å². The number of hydrogen-bond donors (Lipinski definition) is 1. The highest BCUT2D eigenvalue weighted by Gasteiger charge is 2.24. The third-order valence-electron chi connectivity index (χ3n) is 3.32. The van der Waals surface area contributed by atoms with Crippen LogP contribution in [-0.4, -0.2) is 29.7 Å². The summed E-state index contributed by atoms with van der Waals surface area (Å²) in [6, 6.07) is 5.36. The molecule has 1 aromatic rings. The number of nitrogen functional groups attached to an aromatic ring is 1. The molecule has 0 bridgehead atoms. The lowest BCUT2D eigenvalue weighted by molar-refractivity contribution is -0.134. The summed E-state index contributed by atoms with van der Waals surface area (Å²) in [6.07, 6.45) is 4.19. The molecule has 1 heterocycles. The summed E-state index contributed by atoms with van der Waals surface area (Å²) in [5.41, 5.74) is 8.13. The van der Waals surface area contributed by atoms with E-state index in [0.29, 0.717) is 17.8 Å². The maximum atomic E-state index is 12.4. The first-order valence-corrected chi connectivity index (χ1v) is 7.56. The minimum absolute atomic E-state index is 0.296. The van der Waals surface area contributed by atoms with Gasteiger partial charge >= 0.3 is 12.1 Å². The first kappa shape index (κ1) is 17.6. The topological polar surface area (TPSA) is 81.9 Å². The molecule has 1 aromatic carbocycles. The monoisotopic (exact) mass is 330 g/mol. The Balaban J connectivity index is 2.42. The van der Waals surface area contributed by atoms with Gasteiger partial charge in [-0.3, -0.25) is 4.90 Å². The highest BCUT2D eigenvalue weighted by atomic mass is 16.6. The van der Waals surface area contributed by atoms with E-state index in [1.165, 1.54) is 18.1 Å². The quantitative estimate of drug-likeness (QED) is 0.486. The number of methoxy groups -OCH3 is 1. The van der Waals surface area contributed by atoms with Crippen molar-refractivity contribution in [2.75, 3.05) is 12.8 Å². The molecular formula is C18H22N2O4. The zero-order chi connectivity index (χ0) is 17.9. The van der Waals surface area contributed by atoms with Gasteiger partial charge in [0.1, 0.15) is 5.60 Å². The van der Waals surface area contributed by atoms with Crippen LogP contribution in [0.5, 0.6) is 0 Å². The molecule has 1 aliphatic rings. The molecule has 0 aromatic heterocycles. The van der Waals surface area contributed by atoms with Crippen molar-refractivity contribution < 1.29 is 19.1 Å². The van der Waals surface area contributed by atoms with Crippen LogP contribution in [0.25, 0.3) is 5.57 Å². The average Bonchev–Trinajstić information content (AvgIpc) is 2.65. The zero-order valence-electron chi connectivity index (χ0n) is 14.3. The van der Waals surface area contributed by atoms with Crippen molar-refractivity contribution in [1.82, 2.24) is 4.90 Å². The fraction of sp³-hybridized carbons (Fsp3) is 0.333. The van der Waals surface area contributed by atoms with Gasteiger partial charge in [-0.25, -0.2) is 9.59 Å². The number of nitrogens with two attached hydrogens (primary N) is 1. The van der Waals surface area contributed by atoms with E-state index in [9.17, 15) is 9.59 Å². The first-order valence-electron chi connectivity index (χ1n) is 7.56. The second kappa shape index (κ2) is 6.78. The number of carbonyl (C=O) groups excluding carboxylic acids is 2. The molecule has 0 radical (unpaired) electrons. The van der Waals surface area contributed by atoms with Gasteiger partial charge in [0, 0.05) is 18.0 Å². The average molecular weight is 330 g/mol. The molecule has 2 rings (SSSR count). The van der Waals surface area contributed by atoms with E-state index in [4.69, 9.17) is 15.2 Å². The Morgan fingerprint density at radius 1 is 1.29 bits per heavy atom. The van der Waals surface area contributed by atoms with Crippen LogP contribution < -0.4 is 5.73 Å². The van der Waals surface area contributed by atoms with E-state index >= 15 is 0 Å². The van der Waals surface area contributed by atoms with E-state index in [1.807, 2.05) is 6.07 Å². The second-order valence-corrected chi connectivity index (χ2v) is 6.46. The maximum Gasteiger partial charge on any atom is 0.414 e. The Kier molecular flexibility index (Phi) is 4.97. The number of esters is 1. The number of carbonyl (C=O) groups is 2. The van der Waals surface area contributed by atoms with Crippen LogP contribution in [0.1, 0.15) is 31.9 Å².